The number of aromatic nitrogens is 3. The first-order valence-corrected chi connectivity index (χ1v) is 9.72. The molecule has 2 aromatic heterocycles. The summed E-state index contributed by atoms with van der Waals surface area (Å²) in [5.74, 6) is 0.587. The van der Waals surface area contributed by atoms with Gasteiger partial charge in [-0.25, -0.2) is 0 Å². The van der Waals surface area contributed by atoms with Gasteiger partial charge in [-0.15, -0.1) is 0 Å². The molecule has 0 radical (unpaired) electrons. The molecule has 1 aliphatic carbocycles. The number of fused-ring (bicyclic) bond motifs is 2. The van der Waals surface area contributed by atoms with E-state index in [4.69, 9.17) is 33.7 Å². The smallest absolute Gasteiger partial charge is 0.272 e. The van der Waals surface area contributed by atoms with Gasteiger partial charge in [-0.2, -0.15) is 5.10 Å². The quantitative estimate of drug-likeness (QED) is 0.444. The van der Waals surface area contributed by atoms with Crippen LogP contribution in [0.15, 0.2) is 35.3 Å². The fourth-order valence-electron chi connectivity index (χ4n) is 3.58. The van der Waals surface area contributed by atoms with Crippen LogP contribution in [0.4, 0.5) is 5.69 Å². The molecule has 6 nitrogen and oxygen atoms in total. The lowest BCUT2D eigenvalue weighted by Gasteiger charge is -2.27. The van der Waals surface area contributed by atoms with Crippen molar-refractivity contribution in [2.75, 3.05) is 5.73 Å². The number of H-pyrrole nitrogens is 2. The third-order valence-electron chi connectivity index (χ3n) is 5.28. The Hall–Kier alpha value is -2.70. The molecule has 0 bridgehead atoms. The normalized spacial score (nSPS) is 14.5. The first-order chi connectivity index (χ1) is 13.5. The summed E-state index contributed by atoms with van der Waals surface area (Å²) in [6.45, 7) is 0. The van der Waals surface area contributed by atoms with Crippen LogP contribution >= 0.6 is 23.2 Å². The Morgan fingerprint density at radius 2 is 1.96 bits per heavy atom. The lowest BCUT2D eigenvalue weighted by molar-refractivity contribution is 0.120. The van der Waals surface area contributed by atoms with Crippen LogP contribution in [-0.2, 0) is 0 Å². The van der Waals surface area contributed by atoms with Gasteiger partial charge in [0.05, 0.1) is 33.4 Å². The minimum atomic E-state index is -0.377. The average Bonchev–Trinajstić information content (AvgIpc) is 3.12. The molecule has 0 saturated heterocycles. The summed E-state index contributed by atoms with van der Waals surface area (Å²) < 4.78 is 6.04. The zero-order valence-electron chi connectivity index (χ0n) is 14.7. The van der Waals surface area contributed by atoms with Crippen molar-refractivity contribution in [3.05, 3.63) is 50.9 Å². The zero-order chi connectivity index (χ0) is 19.4. The van der Waals surface area contributed by atoms with E-state index in [9.17, 15) is 4.79 Å². The fraction of sp³-hybridized carbons (Fsp3) is 0.200. The summed E-state index contributed by atoms with van der Waals surface area (Å²) in [5.41, 5.74) is 8.61. The summed E-state index contributed by atoms with van der Waals surface area (Å²) in [6.07, 6.45) is 5.04. The molecule has 0 amide bonds. The number of hydrogen-bond acceptors (Lipinski definition) is 4. The van der Waals surface area contributed by atoms with E-state index in [2.05, 4.69) is 15.2 Å². The molecule has 1 saturated carbocycles. The minimum absolute atomic E-state index is 0.120. The maximum atomic E-state index is 12.5. The monoisotopic (exact) mass is 414 g/mol. The van der Waals surface area contributed by atoms with Gasteiger partial charge in [-0.05, 0) is 43.0 Å². The van der Waals surface area contributed by atoms with Gasteiger partial charge in [0.1, 0.15) is 11.4 Å². The maximum Gasteiger partial charge on any atom is 0.272 e. The Kier molecular flexibility index (Phi) is 4.00. The van der Waals surface area contributed by atoms with E-state index in [0.717, 1.165) is 35.6 Å². The van der Waals surface area contributed by atoms with Gasteiger partial charge in [0.2, 0.25) is 0 Å². The Morgan fingerprint density at radius 1 is 1.14 bits per heavy atom. The molecular formula is C20H16Cl2N4O2. The molecule has 2 aromatic carbocycles. The molecule has 4 N–H and O–H groups in total. The molecule has 0 aliphatic heterocycles. The highest BCUT2D eigenvalue weighted by Crippen LogP contribution is 2.41. The van der Waals surface area contributed by atoms with Crippen LogP contribution in [0.3, 0.4) is 0 Å². The number of nitrogens with zero attached hydrogens (tertiary/aromatic N) is 1. The lowest BCUT2D eigenvalue weighted by atomic mass is 9.95. The summed E-state index contributed by atoms with van der Waals surface area (Å²) in [6, 6.07) is 7.15. The van der Waals surface area contributed by atoms with Crippen molar-refractivity contribution in [3.63, 3.8) is 0 Å². The Balaban J connectivity index is 1.82. The van der Waals surface area contributed by atoms with E-state index in [1.807, 2.05) is 12.1 Å². The van der Waals surface area contributed by atoms with E-state index < -0.39 is 0 Å². The second-order valence-electron chi connectivity index (χ2n) is 7.00. The number of halogens is 2. The molecule has 4 aromatic rings. The van der Waals surface area contributed by atoms with E-state index in [-0.39, 0.29) is 17.4 Å². The molecule has 0 spiro atoms. The van der Waals surface area contributed by atoms with E-state index >= 15 is 0 Å². The highest BCUT2D eigenvalue weighted by Gasteiger charge is 2.22. The second-order valence-corrected chi connectivity index (χ2v) is 7.81. The molecule has 5 rings (SSSR count). The predicted molar refractivity (Wildman–Crippen MR) is 112 cm³/mol. The number of aromatic amines is 2. The number of pyridine rings is 1. The van der Waals surface area contributed by atoms with Crippen molar-refractivity contribution < 1.29 is 4.74 Å². The predicted octanol–water partition coefficient (Wildman–Crippen LogP) is 4.89. The first kappa shape index (κ1) is 17.4. The number of nitrogens with one attached hydrogen (secondary N) is 2. The van der Waals surface area contributed by atoms with Gasteiger partial charge < -0.3 is 15.5 Å². The number of ether oxygens (including phenoxy) is 1. The van der Waals surface area contributed by atoms with Crippen molar-refractivity contribution in [2.45, 2.75) is 25.4 Å². The zero-order valence-corrected chi connectivity index (χ0v) is 16.2. The summed E-state index contributed by atoms with van der Waals surface area (Å²) in [7, 11) is 0. The molecule has 1 aliphatic rings. The Bertz CT molecular complexity index is 1290. The van der Waals surface area contributed by atoms with Crippen molar-refractivity contribution in [3.8, 4) is 16.9 Å². The lowest BCUT2D eigenvalue weighted by Crippen LogP contribution is -2.24. The topological polar surface area (TPSA) is 96.8 Å². The van der Waals surface area contributed by atoms with Gasteiger partial charge in [0, 0.05) is 16.3 Å². The fourth-order valence-corrected chi connectivity index (χ4v) is 4.00. The van der Waals surface area contributed by atoms with Gasteiger partial charge >= 0.3 is 0 Å². The van der Waals surface area contributed by atoms with Crippen molar-refractivity contribution >= 4 is 50.7 Å². The first-order valence-electron chi connectivity index (χ1n) is 8.96. The Morgan fingerprint density at radius 3 is 2.71 bits per heavy atom. The number of rotatable bonds is 3. The number of anilines is 1. The Labute approximate surface area is 169 Å². The van der Waals surface area contributed by atoms with Crippen LogP contribution in [-0.4, -0.2) is 21.3 Å². The summed E-state index contributed by atoms with van der Waals surface area (Å²) >= 11 is 12.7. The third-order valence-corrected chi connectivity index (χ3v) is 5.89. The average molecular weight is 415 g/mol. The van der Waals surface area contributed by atoms with Crippen LogP contribution in [0, 0.1) is 0 Å². The molecule has 8 heteroatoms. The molecule has 0 atom stereocenters. The maximum absolute atomic E-state index is 12.5. The van der Waals surface area contributed by atoms with Crippen LogP contribution < -0.4 is 16.0 Å². The van der Waals surface area contributed by atoms with E-state index in [1.54, 1.807) is 18.3 Å². The van der Waals surface area contributed by atoms with Crippen LogP contribution in [0.2, 0.25) is 10.0 Å². The second kappa shape index (κ2) is 6.43. The van der Waals surface area contributed by atoms with Gasteiger partial charge in [0.25, 0.3) is 5.56 Å². The van der Waals surface area contributed by atoms with Crippen molar-refractivity contribution in [1.82, 2.24) is 15.2 Å². The summed E-state index contributed by atoms with van der Waals surface area (Å²) in [5, 5.41) is 9.50. The van der Waals surface area contributed by atoms with Crippen LogP contribution in [0.25, 0.3) is 32.9 Å². The van der Waals surface area contributed by atoms with E-state index in [1.165, 1.54) is 0 Å². The SMILES string of the molecule is Nc1c(-c2ccc(Cl)c3[nH]ncc23)c2cc(OC3CCC3)c(Cl)cc2[nH]c1=O. The molecule has 0 unspecified atom stereocenters. The molecule has 1 fully saturated rings. The van der Waals surface area contributed by atoms with Gasteiger partial charge in [-0.1, -0.05) is 29.3 Å². The minimum Gasteiger partial charge on any atom is -0.489 e. The van der Waals surface area contributed by atoms with Gasteiger partial charge in [0.15, 0.2) is 0 Å². The molecule has 2 heterocycles. The largest absolute Gasteiger partial charge is 0.489 e. The van der Waals surface area contributed by atoms with Gasteiger partial charge in [-0.3, -0.25) is 9.89 Å². The summed E-state index contributed by atoms with van der Waals surface area (Å²) in [4.78, 5) is 15.3. The number of nitrogen functional groups attached to an aromatic ring is 1. The van der Waals surface area contributed by atoms with Crippen molar-refractivity contribution in [1.29, 1.82) is 0 Å². The van der Waals surface area contributed by atoms with Crippen LogP contribution in [0.1, 0.15) is 19.3 Å². The molecule has 28 heavy (non-hydrogen) atoms. The van der Waals surface area contributed by atoms with Crippen LogP contribution in [0.5, 0.6) is 5.75 Å². The highest BCUT2D eigenvalue weighted by molar-refractivity contribution is 6.36. The standard InChI is InChI=1S/C20H16Cl2N4O2/c21-13-5-4-10(12-8-24-26-19(12)13)17-11-6-16(28-9-2-1-3-9)14(22)7-15(11)25-20(27)18(17)23/h4-9H,1-3,23H2,(H,24,26)(H,25,27). The highest BCUT2D eigenvalue weighted by atomic mass is 35.5. The number of benzene rings is 2. The molecular weight excluding hydrogens is 399 g/mol. The third kappa shape index (κ3) is 2.64. The number of hydrogen-bond donors (Lipinski definition) is 3. The molecule has 142 valence electrons. The van der Waals surface area contributed by atoms with Crippen molar-refractivity contribution in [2.24, 2.45) is 0 Å². The number of nitrogens with two attached hydrogens (primary N) is 1. The van der Waals surface area contributed by atoms with E-state index in [0.29, 0.717) is 32.4 Å².